The van der Waals surface area contributed by atoms with Crippen molar-refractivity contribution in [2.45, 2.75) is 20.3 Å². The smallest absolute Gasteiger partial charge is 0.00767 e. The predicted molar refractivity (Wildman–Crippen MR) is 40.8 cm³/mol. The van der Waals surface area contributed by atoms with Gasteiger partial charge in [0, 0.05) is 7.05 Å². The van der Waals surface area contributed by atoms with E-state index in [9.17, 15) is 0 Å². The van der Waals surface area contributed by atoms with Gasteiger partial charge in [0.05, 0.1) is 0 Å². The zero-order valence-corrected chi connectivity index (χ0v) is 6.41. The van der Waals surface area contributed by atoms with Crippen LogP contribution in [0.2, 0.25) is 0 Å². The standard InChI is InChI=1S/C7H17N2/c1-7(2,6-8)4-5-9-3/h9H,3-6,8H2,1-2H3. The van der Waals surface area contributed by atoms with Gasteiger partial charge in [0.15, 0.2) is 0 Å². The van der Waals surface area contributed by atoms with Gasteiger partial charge in [-0.05, 0) is 24.9 Å². The van der Waals surface area contributed by atoms with E-state index in [1.165, 1.54) is 0 Å². The maximum atomic E-state index is 5.50. The maximum absolute atomic E-state index is 5.50. The van der Waals surface area contributed by atoms with Crippen LogP contribution >= 0.6 is 0 Å². The quantitative estimate of drug-likeness (QED) is 0.587. The van der Waals surface area contributed by atoms with Crippen LogP contribution in [-0.4, -0.2) is 13.1 Å². The molecule has 0 saturated carbocycles. The average molecular weight is 129 g/mol. The van der Waals surface area contributed by atoms with Crippen molar-refractivity contribution in [1.29, 1.82) is 0 Å². The highest BCUT2D eigenvalue weighted by Gasteiger charge is 2.13. The molecular formula is C7H17N2. The van der Waals surface area contributed by atoms with Crippen LogP contribution in [0, 0.1) is 12.5 Å². The number of rotatable bonds is 4. The van der Waals surface area contributed by atoms with Crippen LogP contribution in [0.5, 0.6) is 0 Å². The fourth-order valence-electron chi connectivity index (χ4n) is 0.529. The second-order valence-electron chi connectivity index (χ2n) is 3.12. The molecular weight excluding hydrogens is 112 g/mol. The lowest BCUT2D eigenvalue weighted by atomic mass is 9.90. The predicted octanol–water partition coefficient (Wildman–Crippen LogP) is 0.743. The van der Waals surface area contributed by atoms with Crippen LogP contribution in [0.3, 0.4) is 0 Å². The van der Waals surface area contributed by atoms with Crippen molar-refractivity contribution in [3.05, 3.63) is 7.05 Å². The van der Waals surface area contributed by atoms with E-state index in [-0.39, 0.29) is 5.41 Å². The van der Waals surface area contributed by atoms with E-state index in [1.807, 2.05) is 0 Å². The molecule has 2 heteroatoms. The number of hydrogen-bond donors (Lipinski definition) is 2. The highest BCUT2D eigenvalue weighted by Crippen LogP contribution is 2.16. The van der Waals surface area contributed by atoms with Crippen LogP contribution in [0.1, 0.15) is 20.3 Å². The molecule has 9 heavy (non-hydrogen) atoms. The number of nitrogens with one attached hydrogen (secondary N) is 1. The van der Waals surface area contributed by atoms with Gasteiger partial charge in [0.25, 0.3) is 0 Å². The molecule has 0 bridgehead atoms. The second kappa shape index (κ2) is 3.85. The summed E-state index contributed by atoms with van der Waals surface area (Å²) in [7, 11) is 3.53. The highest BCUT2D eigenvalue weighted by atomic mass is 14.8. The normalized spacial score (nSPS) is 12.0. The summed E-state index contributed by atoms with van der Waals surface area (Å²) in [4.78, 5) is 0. The molecule has 0 aliphatic carbocycles. The minimum atomic E-state index is 0.269. The first kappa shape index (κ1) is 8.92. The molecule has 55 valence electrons. The van der Waals surface area contributed by atoms with E-state index >= 15 is 0 Å². The van der Waals surface area contributed by atoms with E-state index in [2.05, 4.69) is 26.2 Å². The second-order valence-corrected chi connectivity index (χ2v) is 3.12. The fraction of sp³-hybridized carbons (Fsp3) is 0.857. The first-order valence-electron chi connectivity index (χ1n) is 3.32. The van der Waals surface area contributed by atoms with E-state index < -0.39 is 0 Å². The van der Waals surface area contributed by atoms with Crippen molar-refractivity contribution < 1.29 is 0 Å². The van der Waals surface area contributed by atoms with Crippen LogP contribution < -0.4 is 11.1 Å². The summed E-state index contributed by atoms with van der Waals surface area (Å²) in [6.07, 6.45) is 1.09. The van der Waals surface area contributed by atoms with Gasteiger partial charge in [0.2, 0.25) is 0 Å². The van der Waals surface area contributed by atoms with Crippen molar-refractivity contribution in [3.63, 3.8) is 0 Å². The lowest BCUT2D eigenvalue weighted by Gasteiger charge is -2.21. The summed E-state index contributed by atoms with van der Waals surface area (Å²) in [6, 6.07) is 0. The van der Waals surface area contributed by atoms with Gasteiger partial charge in [-0.25, -0.2) is 0 Å². The molecule has 1 radical (unpaired) electrons. The van der Waals surface area contributed by atoms with Crippen molar-refractivity contribution in [2.75, 3.05) is 13.1 Å². The van der Waals surface area contributed by atoms with Crippen LogP contribution in [-0.2, 0) is 0 Å². The molecule has 0 aliphatic rings. The number of nitrogens with two attached hydrogens (primary N) is 1. The molecule has 0 aromatic carbocycles. The SMILES string of the molecule is [CH2]NCCC(C)(C)CN. The lowest BCUT2D eigenvalue weighted by Crippen LogP contribution is -2.26. The molecule has 3 N–H and O–H groups in total. The third-order valence-corrected chi connectivity index (χ3v) is 1.53. The molecule has 2 nitrogen and oxygen atoms in total. The molecule has 0 spiro atoms. The van der Waals surface area contributed by atoms with Crippen molar-refractivity contribution in [1.82, 2.24) is 5.32 Å². The maximum Gasteiger partial charge on any atom is 0.00767 e. The Bertz CT molecular complexity index is 69.3. The molecule has 0 aliphatic heterocycles. The molecule has 0 atom stereocenters. The van der Waals surface area contributed by atoms with Gasteiger partial charge < -0.3 is 11.1 Å². The summed E-state index contributed by atoms with van der Waals surface area (Å²) < 4.78 is 0. The van der Waals surface area contributed by atoms with Gasteiger partial charge in [0.1, 0.15) is 0 Å². The van der Waals surface area contributed by atoms with E-state index in [1.54, 1.807) is 0 Å². The van der Waals surface area contributed by atoms with Crippen molar-refractivity contribution >= 4 is 0 Å². The van der Waals surface area contributed by atoms with Gasteiger partial charge in [-0.15, -0.1) is 0 Å². The van der Waals surface area contributed by atoms with Crippen LogP contribution in [0.15, 0.2) is 0 Å². The summed E-state index contributed by atoms with van der Waals surface area (Å²) in [5.41, 5.74) is 5.77. The first-order valence-corrected chi connectivity index (χ1v) is 3.32. The summed E-state index contributed by atoms with van der Waals surface area (Å²) in [5, 5.41) is 2.85. The van der Waals surface area contributed by atoms with Crippen molar-refractivity contribution in [2.24, 2.45) is 11.1 Å². The van der Waals surface area contributed by atoms with Crippen molar-refractivity contribution in [3.8, 4) is 0 Å². The van der Waals surface area contributed by atoms with Gasteiger partial charge in [-0.3, -0.25) is 0 Å². The Labute approximate surface area is 57.8 Å². The van der Waals surface area contributed by atoms with Crippen LogP contribution in [0.25, 0.3) is 0 Å². The molecule has 0 fully saturated rings. The summed E-state index contributed by atoms with van der Waals surface area (Å²) in [6.45, 7) is 6.01. The Balaban J connectivity index is 3.33. The largest absolute Gasteiger partial charge is 0.330 e. The Hall–Kier alpha value is -0.0800. The topological polar surface area (TPSA) is 38.0 Å². The van der Waals surface area contributed by atoms with Crippen LogP contribution in [0.4, 0.5) is 0 Å². The summed E-state index contributed by atoms with van der Waals surface area (Å²) in [5.74, 6) is 0. The van der Waals surface area contributed by atoms with E-state index in [0.29, 0.717) is 0 Å². The molecule has 0 unspecified atom stereocenters. The third kappa shape index (κ3) is 4.43. The molecule has 0 aromatic rings. The monoisotopic (exact) mass is 129 g/mol. The van der Waals surface area contributed by atoms with Gasteiger partial charge >= 0.3 is 0 Å². The zero-order valence-electron chi connectivity index (χ0n) is 6.41. The minimum Gasteiger partial charge on any atom is -0.330 e. The highest BCUT2D eigenvalue weighted by molar-refractivity contribution is 4.69. The zero-order chi connectivity index (χ0) is 7.33. The van der Waals surface area contributed by atoms with Gasteiger partial charge in [-0.2, -0.15) is 0 Å². The lowest BCUT2D eigenvalue weighted by molar-refractivity contribution is 0.346. The molecule has 0 rings (SSSR count). The minimum absolute atomic E-state index is 0.269. The van der Waals surface area contributed by atoms with Gasteiger partial charge in [-0.1, -0.05) is 13.8 Å². The Morgan fingerprint density at radius 2 is 2.11 bits per heavy atom. The Morgan fingerprint density at radius 1 is 1.56 bits per heavy atom. The molecule has 0 amide bonds. The molecule has 0 heterocycles. The third-order valence-electron chi connectivity index (χ3n) is 1.53. The first-order chi connectivity index (χ1) is 4.12. The average Bonchev–Trinajstić information content (AvgIpc) is 1.84. The molecule has 0 saturated heterocycles. The Kier molecular flexibility index (Phi) is 3.82. The molecule has 0 aromatic heterocycles. The summed E-state index contributed by atoms with van der Waals surface area (Å²) >= 11 is 0. The fourth-order valence-corrected chi connectivity index (χ4v) is 0.529. The number of hydrogen-bond acceptors (Lipinski definition) is 2. The Morgan fingerprint density at radius 3 is 2.44 bits per heavy atom. The van der Waals surface area contributed by atoms with E-state index in [4.69, 9.17) is 5.73 Å². The van der Waals surface area contributed by atoms with E-state index in [0.717, 1.165) is 19.5 Å².